The van der Waals surface area contributed by atoms with Gasteiger partial charge in [-0.05, 0) is 81.5 Å². The molecule has 0 radical (unpaired) electrons. The van der Waals surface area contributed by atoms with Crippen molar-refractivity contribution in [3.8, 4) is 0 Å². The second-order valence-corrected chi connectivity index (χ2v) is 11.8. The van der Waals surface area contributed by atoms with Gasteiger partial charge in [-0.15, -0.1) is 0 Å². The van der Waals surface area contributed by atoms with E-state index in [4.69, 9.17) is 0 Å². The van der Waals surface area contributed by atoms with Gasteiger partial charge in [-0.25, -0.2) is 17.7 Å². The summed E-state index contributed by atoms with van der Waals surface area (Å²) in [5.41, 5.74) is 2.62. The highest BCUT2D eigenvalue weighted by Crippen LogP contribution is 2.56. The average Bonchev–Trinajstić information content (AvgIpc) is 2.84. The van der Waals surface area contributed by atoms with Crippen molar-refractivity contribution in [3.05, 3.63) is 33.8 Å². The minimum Gasteiger partial charge on any atom is -0.242 e. The van der Waals surface area contributed by atoms with Gasteiger partial charge in [-0.3, -0.25) is 0 Å². The number of rotatable bonds is 4. The monoisotopic (exact) mass is 447 g/mol. The molecule has 2 aliphatic rings. The summed E-state index contributed by atoms with van der Waals surface area (Å²) in [6, 6.07) is 6.37. The van der Waals surface area contributed by atoms with Gasteiger partial charge < -0.3 is 0 Å². The quantitative estimate of drug-likeness (QED) is 0.640. The van der Waals surface area contributed by atoms with E-state index in [1.807, 2.05) is 20.8 Å². The summed E-state index contributed by atoms with van der Waals surface area (Å²) in [5, 5.41) is 0. The van der Waals surface area contributed by atoms with Crippen LogP contribution >= 0.6 is 15.9 Å². The largest absolute Gasteiger partial charge is 0.242 e. The summed E-state index contributed by atoms with van der Waals surface area (Å²) in [6.07, 6.45) is 1.55. The Hall–Kier alpha value is -0.330. The number of hydrogen-bond acceptors (Lipinski definition) is 1. The molecule has 6 heteroatoms. The predicted octanol–water partition coefficient (Wildman–Crippen LogP) is 5.58. The molecule has 3 rings (SSSR count). The van der Waals surface area contributed by atoms with Crippen LogP contribution in [-0.4, -0.2) is 21.9 Å². The molecule has 1 aromatic carbocycles. The van der Waals surface area contributed by atoms with E-state index in [0.29, 0.717) is 19.4 Å². The van der Waals surface area contributed by atoms with Crippen molar-refractivity contribution in [1.29, 1.82) is 0 Å². The number of fused-ring (bicyclic) bond motifs is 1. The molecule has 1 aromatic rings. The Morgan fingerprint density at radius 3 is 2.54 bits per heavy atom. The molecule has 1 N–H and O–H groups in total. The second kappa shape index (κ2) is 7.59. The Kier molecular flexibility index (Phi) is 5.96. The van der Waals surface area contributed by atoms with Gasteiger partial charge in [0.15, 0.2) is 0 Å². The molecule has 0 aliphatic heterocycles. The van der Waals surface area contributed by atoms with E-state index in [1.165, 1.54) is 11.1 Å². The lowest BCUT2D eigenvalue weighted by molar-refractivity contribution is 0.0192. The van der Waals surface area contributed by atoms with Gasteiger partial charge in [0.25, 0.3) is 0 Å². The predicted molar refractivity (Wildman–Crippen MR) is 107 cm³/mol. The Balaban J connectivity index is 1.84. The molecule has 0 amide bonds. The van der Waals surface area contributed by atoms with Gasteiger partial charge in [0.2, 0.25) is 6.43 Å². The van der Waals surface area contributed by atoms with Crippen LogP contribution in [0.2, 0.25) is 0 Å². The number of benzene rings is 1. The number of nitrogens with one attached hydrogen (secondary N) is 1. The van der Waals surface area contributed by atoms with Crippen LogP contribution in [-0.2, 0) is 17.4 Å². The summed E-state index contributed by atoms with van der Waals surface area (Å²) >= 11 is 3.57. The Labute approximate surface area is 166 Å². The highest BCUT2D eigenvalue weighted by Gasteiger charge is 2.48. The zero-order valence-corrected chi connectivity index (χ0v) is 18.1. The van der Waals surface area contributed by atoms with E-state index in [1.54, 1.807) is 0 Å². The minimum absolute atomic E-state index is 0.0175. The molecule has 2 nitrogen and oxygen atoms in total. The summed E-state index contributed by atoms with van der Waals surface area (Å²) in [6.45, 7) is 6.50. The summed E-state index contributed by atoms with van der Waals surface area (Å²) in [5.74, 6) is -0.242. The summed E-state index contributed by atoms with van der Waals surface area (Å²) in [7, 11) is -1.13. The first kappa shape index (κ1) is 20.4. The van der Waals surface area contributed by atoms with Gasteiger partial charge in [-0.1, -0.05) is 22.0 Å². The highest BCUT2D eigenvalue weighted by atomic mass is 79.9. The summed E-state index contributed by atoms with van der Waals surface area (Å²) < 4.78 is 42.7. The third-order valence-corrected chi connectivity index (χ3v) is 8.16. The van der Waals surface area contributed by atoms with Crippen LogP contribution in [0.25, 0.3) is 0 Å². The fourth-order valence-corrected chi connectivity index (χ4v) is 5.71. The van der Waals surface area contributed by atoms with Crippen LogP contribution in [0.1, 0.15) is 63.5 Å². The molecule has 0 aromatic heterocycles. The zero-order valence-electron chi connectivity index (χ0n) is 15.7. The summed E-state index contributed by atoms with van der Waals surface area (Å²) in [4.78, 5) is 0. The van der Waals surface area contributed by atoms with Gasteiger partial charge in [0.05, 0.1) is 15.7 Å². The Morgan fingerprint density at radius 2 is 1.96 bits per heavy atom. The lowest BCUT2D eigenvalue weighted by Gasteiger charge is -2.42. The van der Waals surface area contributed by atoms with E-state index in [-0.39, 0.29) is 16.1 Å². The highest BCUT2D eigenvalue weighted by molar-refractivity contribution is 9.10. The van der Waals surface area contributed by atoms with Crippen molar-refractivity contribution in [2.24, 2.45) is 11.3 Å². The third-order valence-electron chi connectivity index (χ3n) is 6.12. The van der Waals surface area contributed by atoms with E-state index in [0.717, 1.165) is 23.7 Å². The van der Waals surface area contributed by atoms with Gasteiger partial charge >= 0.3 is 0 Å². The third kappa shape index (κ3) is 4.07. The zero-order chi connectivity index (χ0) is 19.1. The van der Waals surface area contributed by atoms with E-state index in [9.17, 15) is 13.0 Å². The van der Waals surface area contributed by atoms with Crippen LogP contribution in [0.5, 0.6) is 0 Å². The van der Waals surface area contributed by atoms with Crippen molar-refractivity contribution in [1.82, 2.24) is 4.72 Å². The van der Waals surface area contributed by atoms with Crippen LogP contribution < -0.4 is 4.72 Å². The Morgan fingerprint density at radius 1 is 1.31 bits per heavy atom. The van der Waals surface area contributed by atoms with E-state index >= 15 is 0 Å². The van der Waals surface area contributed by atoms with E-state index in [2.05, 4.69) is 38.9 Å². The first-order valence-corrected chi connectivity index (χ1v) is 11.3. The van der Waals surface area contributed by atoms with Gasteiger partial charge in [0, 0.05) is 22.9 Å². The molecule has 146 valence electrons. The van der Waals surface area contributed by atoms with Gasteiger partial charge in [0.1, 0.15) is 0 Å². The molecule has 1 spiro atoms. The molecule has 0 saturated heterocycles. The standard InChI is InChI=1S/C20H28BrF2NOS/c1-19(2,3)26(25)24-12-17-16-10-15(21)5-4-14(16)11-20(17)8-6-13(7-9-20)18(22)23/h4-5,10,13,17-18,24H,6-9,11-12H2,1-3H3. The molecular weight excluding hydrogens is 420 g/mol. The maximum Gasteiger partial charge on any atom is 0.241 e. The number of alkyl halides is 2. The Bertz CT molecular complexity index is 681. The number of hydrogen-bond donors (Lipinski definition) is 1. The topological polar surface area (TPSA) is 29.1 Å². The van der Waals surface area contributed by atoms with Crippen LogP contribution in [0, 0.1) is 11.3 Å². The maximum absolute atomic E-state index is 13.1. The van der Waals surface area contributed by atoms with Crippen molar-refractivity contribution < 1.29 is 13.0 Å². The lowest BCUT2D eigenvalue weighted by atomic mass is 9.64. The first-order valence-electron chi connectivity index (χ1n) is 9.34. The maximum atomic E-state index is 13.1. The SMILES string of the molecule is CC(C)(C)S(=O)NCC1c2cc(Br)ccc2CC12CCC(C(F)F)CC2. The van der Waals surface area contributed by atoms with Crippen molar-refractivity contribution in [2.75, 3.05) is 6.54 Å². The average molecular weight is 448 g/mol. The van der Waals surface area contributed by atoms with Gasteiger partial charge in [-0.2, -0.15) is 0 Å². The van der Waals surface area contributed by atoms with Crippen molar-refractivity contribution in [2.45, 2.75) is 70.0 Å². The smallest absolute Gasteiger partial charge is 0.241 e. The molecular formula is C20H28BrF2NOS. The fraction of sp³-hybridized carbons (Fsp3) is 0.700. The number of halogens is 3. The minimum atomic E-state index is -2.21. The second-order valence-electron chi connectivity index (χ2n) is 8.84. The fourth-order valence-electron chi connectivity index (χ4n) is 4.58. The normalized spacial score (nSPS) is 30.0. The van der Waals surface area contributed by atoms with Crippen LogP contribution in [0.3, 0.4) is 0 Å². The molecule has 1 saturated carbocycles. The first-order chi connectivity index (χ1) is 12.1. The molecule has 2 aliphatic carbocycles. The molecule has 2 atom stereocenters. The van der Waals surface area contributed by atoms with Crippen molar-refractivity contribution in [3.63, 3.8) is 0 Å². The molecule has 1 fully saturated rings. The van der Waals surface area contributed by atoms with E-state index < -0.39 is 23.3 Å². The molecule has 0 bridgehead atoms. The van der Waals surface area contributed by atoms with Crippen LogP contribution in [0.15, 0.2) is 22.7 Å². The molecule has 2 unspecified atom stereocenters. The molecule has 26 heavy (non-hydrogen) atoms. The van der Waals surface area contributed by atoms with Crippen molar-refractivity contribution >= 4 is 26.9 Å². The lowest BCUT2D eigenvalue weighted by Crippen LogP contribution is -2.41. The molecule has 0 heterocycles. The van der Waals surface area contributed by atoms with Crippen LogP contribution in [0.4, 0.5) is 8.78 Å².